The van der Waals surface area contributed by atoms with E-state index in [9.17, 15) is 14.4 Å². The lowest BCUT2D eigenvalue weighted by Crippen LogP contribution is -2.14. The monoisotopic (exact) mass is 463 g/mol. The van der Waals surface area contributed by atoms with E-state index in [1.54, 1.807) is 18.2 Å². The number of anilines is 3. The highest BCUT2D eigenvalue weighted by molar-refractivity contribution is 6.31. The molecule has 11 heteroatoms. The van der Waals surface area contributed by atoms with Crippen LogP contribution in [-0.2, 0) is 4.79 Å². The number of nitrogens with one attached hydrogen (secondary N) is 3. The van der Waals surface area contributed by atoms with Crippen LogP contribution in [0.15, 0.2) is 54.5 Å². The number of hydrogen-bond donors (Lipinski definition) is 3. The van der Waals surface area contributed by atoms with Crippen molar-refractivity contribution >= 4 is 51.7 Å². The molecule has 1 amide bonds. The quantitative estimate of drug-likeness (QED) is 0.284. The molecule has 0 radical (unpaired) electrons. The normalized spacial score (nSPS) is 11.2. The highest BCUT2D eigenvalue weighted by Gasteiger charge is 2.16. The van der Waals surface area contributed by atoms with Gasteiger partial charge in [0, 0.05) is 23.3 Å². The number of nitriles is 1. The molecule has 2 aromatic carbocycles. The molecule has 0 atom stereocenters. The lowest BCUT2D eigenvalue weighted by molar-refractivity contribution is -0.112. The van der Waals surface area contributed by atoms with E-state index in [-0.39, 0.29) is 10.6 Å². The fraction of sp³-hybridized carbons (Fsp3) is 0.0455. The Bertz CT molecular complexity index is 1410. The maximum atomic E-state index is 13.5. The zero-order chi connectivity index (χ0) is 23.4. The molecule has 164 valence electrons. The van der Waals surface area contributed by atoms with E-state index >= 15 is 0 Å². The predicted octanol–water partition coefficient (Wildman–Crippen LogP) is 4.44. The summed E-state index contributed by atoms with van der Waals surface area (Å²) in [4.78, 5) is 21.2. The van der Waals surface area contributed by atoms with Crippen LogP contribution in [0.3, 0.4) is 0 Å². The molecule has 4 aromatic rings. The van der Waals surface area contributed by atoms with Crippen molar-refractivity contribution in [1.29, 1.82) is 5.26 Å². The van der Waals surface area contributed by atoms with Crippen LogP contribution in [0.2, 0.25) is 5.02 Å². The van der Waals surface area contributed by atoms with Gasteiger partial charge in [0.25, 0.3) is 5.91 Å². The average molecular weight is 464 g/mol. The summed E-state index contributed by atoms with van der Waals surface area (Å²) < 4.78 is 18.9. The van der Waals surface area contributed by atoms with Gasteiger partial charge in [0.05, 0.1) is 29.0 Å². The SMILES string of the molecule is COc1cc2ncnc(Nc3ccc(F)c(Cl)c3)c2cc1NC(=O)C(C#N)=Cc1ccn[nH]1. The Balaban J connectivity index is 1.70. The van der Waals surface area contributed by atoms with Crippen molar-refractivity contribution in [2.45, 2.75) is 0 Å². The number of halogens is 2. The Morgan fingerprint density at radius 2 is 2.12 bits per heavy atom. The van der Waals surface area contributed by atoms with Gasteiger partial charge >= 0.3 is 0 Å². The first-order valence-electron chi connectivity index (χ1n) is 9.46. The summed E-state index contributed by atoms with van der Waals surface area (Å²) >= 11 is 5.86. The van der Waals surface area contributed by atoms with Gasteiger partial charge in [-0.1, -0.05) is 11.6 Å². The Labute approximate surface area is 191 Å². The number of aromatic nitrogens is 4. The molecule has 0 saturated heterocycles. The predicted molar refractivity (Wildman–Crippen MR) is 122 cm³/mol. The summed E-state index contributed by atoms with van der Waals surface area (Å²) in [5, 5.41) is 22.1. The molecular weight excluding hydrogens is 449 g/mol. The molecule has 4 rings (SSSR count). The van der Waals surface area contributed by atoms with Gasteiger partial charge in [-0.05, 0) is 36.4 Å². The number of ether oxygens (including phenoxy) is 1. The second kappa shape index (κ2) is 9.33. The fourth-order valence-electron chi connectivity index (χ4n) is 3.00. The molecule has 0 fully saturated rings. The van der Waals surface area contributed by atoms with E-state index in [1.807, 2.05) is 6.07 Å². The first kappa shape index (κ1) is 21.7. The van der Waals surface area contributed by atoms with Crippen LogP contribution in [-0.4, -0.2) is 33.2 Å². The molecule has 0 bridgehead atoms. The van der Waals surface area contributed by atoms with E-state index in [0.29, 0.717) is 39.5 Å². The van der Waals surface area contributed by atoms with Crippen molar-refractivity contribution in [1.82, 2.24) is 20.2 Å². The molecule has 0 saturated carbocycles. The van der Waals surface area contributed by atoms with E-state index < -0.39 is 11.7 Å². The second-order valence-corrected chi connectivity index (χ2v) is 7.09. The van der Waals surface area contributed by atoms with Gasteiger partial charge in [0.2, 0.25) is 0 Å². The molecule has 2 aromatic heterocycles. The van der Waals surface area contributed by atoms with Gasteiger partial charge < -0.3 is 15.4 Å². The molecule has 0 aliphatic carbocycles. The first-order chi connectivity index (χ1) is 16.0. The van der Waals surface area contributed by atoms with Crippen LogP contribution >= 0.6 is 11.6 Å². The van der Waals surface area contributed by atoms with Gasteiger partial charge in [-0.15, -0.1) is 0 Å². The molecule has 0 spiro atoms. The summed E-state index contributed by atoms with van der Waals surface area (Å²) in [6, 6.07) is 10.9. The van der Waals surface area contributed by atoms with Crippen molar-refractivity contribution in [2.75, 3.05) is 17.7 Å². The average Bonchev–Trinajstić information content (AvgIpc) is 3.33. The van der Waals surface area contributed by atoms with Crippen LogP contribution in [0.1, 0.15) is 5.69 Å². The molecule has 9 nitrogen and oxygen atoms in total. The van der Waals surface area contributed by atoms with Crippen LogP contribution < -0.4 is 15.4 Å². The van der Waals surface area contributed by atoms with Gasteiger partial charge in [0.15, 0.2) is 0 Å². The molecular formula is C22H15ClFN7O2. The van der Waals surface area contributed by atoms with Crippen molar-refractivity contribution in [3.63, 3.8) is 0 Å². The molecule has 0 aliphatic heterocycles. The van der Waals surface area contributed by atoms with Gasteiger partial charge in [-0.2, -0.15) is 10.4 Å². The van der Waals surface area contributed by atoms with Gasteiger partial charge in [0.1, 0.15) is 35.4 Å². The highest BCUT2D eigenvalue weighted by Crippen LogP contribution is 2.33. The number of H-pyrrole nitrogens is 1. The maximum Gasteiger partial charge on any atom is 0.266 e. The van der Waals surface area contributed by atoms with E-state index in [1.165, 1.54) is 43.9 Å². The number of nitrogens with zero attached hydrogens (tertiary/aromatic N) is 4. The number of amides is 1. The fourth-order valence-corrected chi connectivity index (χ4v) is 3.18. The number of fused-ring (bicyclic) bond motifs is 1. The largest absolute Gasteiger partial charge is 0.494 e. The molecule has 2 heterocycles. The number of carbonyl (C=O) groups is 1. The summed E-state index contributed by atoms with van der Waals surface area (Å²) in [5.74, 6) is -0.444. The topological polar surface area (TPSA) is 129 Å². The van der Waals surface area contributed by atoms with Crippen LogP contribution in [0.4, 0.5) is 21.6 Å². The van der Waals surface area contributed by atoms with Crippen LogP contribution in [0.5, 0.6) is 5.75 Å². The van der Waals surface area contributed by atoms with E-state index in [0.717, 1.165) is 0 Å². The minimum absolute atomic E-state index is 0.0407. The van der Waals surface area contributed by atoms with Crippen molar-refractivity contribution in [3.05, 3.63) is 71.0 Å². The smallest absolute Gasteiger partial charge is 0.266 e. The third-order valence-corrected chi connectivity index (χ3v) is 4.86. The number of methoxy groups -OCH3 is 1. The van der Waals surface area contributed by atoms with Gasteiger partial charge in [-0.3, -0.25) is 9.89 Å². The standard InChI is InChI=1S/C22H15ClFN7O2/c1-33-20-9-18-15(21(27-11-26-18)29-13-2-3-17(24)16(23)7-13)8-19(20)30-22(32)12(10-25)6-14-4-5-28-31-14/h2-9,11H,1H3,(H,28,31)(H,30,32)(H,26,27,29). The first-order valence-corrected chi connectivity index (χ1v) is 9.83. The van der Waals surface area contributed by atoms with Crippen LogP contribution in [0.25, 0.3) is 17.0 Å². The summed E-state index contributed by atoms with van der Waals surface area (Å²) in [7, 11) is 1.45. The maximum absolute atomic E-state index is 13.5. The van der Waals surface area contributed by atoms with Crippen LogP contribution in [0, 0.1) is 17.1 Å². The Morgan fingerprint density at radius 3 is 2.82 bits per heavy atom. The Kier molecular flexibility index (Phi) is 6.15. The second-order valence-electron chi connectivity index (χ2n) is 6.68. The van der Waals surface area contributed by atoms with Gasteiger partial charge in [-0.25, -0.2) is 14.4 Å². The minimum Gasteiger partial charge on any atom is -0.494 e. The number of benzene rings is 2. The molecule has 33 heavy (non-hydrogen) atoms. The number of aromatic amines is 1. The Hall–Kier alpha value is -4.49. The minimum atomic E-state index is -0.638. The molecule has 3 N–H and O–H groups in total. The lowest BCUT2D eigenvalue weighted by Gasteiger charge is -2.14. The number of hydrogen-bond acceptors (Lipinski definition) is 7. The third-order valence-electron chi connectivity index (χ3n) is 4.57. The van der Waals surface area contributed by atoms with E-state index in [4.69, 9.17) is 16.3 Å². The van der Waals surface area contributed by atoms with Crippen molar-refractivity contribution in [3.8, 4) is 11.8 Å². The zero-order valence-electron chi connectivity index (χ0n) is 17.1. The number of rotatable bonds is 6. The zero-order valence-corrected chi connectivity index (χ0v) is 17.8. The summed E-state index contributed by atoms with van der Waals surface area (Å²) in [6.45, 7) is 0. The van der Waals surface area contributed by atoms with Crippen molar-refractivity contribution < 1.29 is 13.9 Å². The summed E-state index contributed by atoms with van der Waals surface area (Å²) in [6.07, 6.45) is 4.24. The third kappa shape index (κ3) is 4.73. The summed E-state index contributed by atoms with van der Waals surface area (Å²) in [5.41, 5.74) is 1.71. The number of carbonyl (C=O) groups excluding carboxylic acids is 1. The molecule has 0 aliphatic rings. The van der Waals surface area contributed by atoms with Crippen molar-refractivity contribution in [2.24, 2.45) is 0 Å². The molecule has 0 unspecified atom stereocenters. The lowest BCUT2D eigenvalue weighted by atomic mass is 10.1. The Morgan fingerprint density at radius 1 is 1.27 bits per heavy atom. The van der Waals surface area contributed by atoms with E-state index in [2.05, 4.69) is 30.8 Å². The highest BCUT2D eigenvalue weighted by atomic mass is 35.5.